The lowest BCUT2D eigenvalue weighted by molar-refractivity contribution is -0.114. The number of phenolic OH excluding ortho intramolecular Hbond substituents is 1. The van der Waals surface area contributed by atoms with E-state index in [-0.39, 0.29) is 11.5 Å². The molecule has 1 saturated heterocycles. The van der Waals surface area contributed by atoms with E-state index < -0.39 is 6.10 Å². The quantitative estimate of drug-likeness (QED) is 0.832. The van der Waals surface area contributed by atoms with Gasteiger partial charge in [-0.15, -0.1) is 0 Å². The van der Waals surface area contributed by atoms with E-state index in [1.807, 2.05) is 13.0 Å². The third kappa shape index (κ3) is 2.01. The molecule has 2 bridgehead atoms. The highest BCUT2D eigenvalue weighted by Crippen LogP contribution is 2.58. The van der Waals surface area contributed by atoms with Crippen LogP contribution in [0.15, 0.2) is 12.1 Å². The first-order valence-corrected chi connectivity index (χ1v) is 8.71. The number of fused-ring (bicyclic) bond motifs is 1. The lowest BCUT2D eigenvalue weighted by Crippen LogP contribution is -2.63. The van der Waals surface area contributed by atoms with E-state index in [4.69, 9.17) is 4.74 Å². The number of aliphatic hydroxyl groups excluding tert-OH is 1. The Balaban J connectivity index is 1.90. The van der Waals surface area contributed by atoms with Gasteiger partial charge in [-0.3, -0.25) is 0 Å². The Morgan fingerprint density at radius 1 is 1.35 bits per heavy atom. The number of ether oxygens (including phenoxy) is 1. The number of piperidine rings is 1. The molecule has 2 aliphatic carbocycles. The van der Waals surface area contributed by atoms with Crippen molar-refractivity contribution in [2.45, 2.75) is 56.3 Å². The minimum absolute atomic E-state index is 0.0874. The molecule has 2 N–H and O–H groups in total. The maximum atomic E-state index is 10.8. The monoisotopic (exact) mass is 317 g/mol. The molecule has 126 valence electrons. The van der Waals surface area contributed by atoms with Gasteiger partial charge in [0.05, 0.1) is 12.2 Å². The largest absolute Gasteiger partial charge is 0.507 e. The minimum Gasteiger partial charge on any atom is -0.507 e. The van der Waals surface area contributed by atoms with Gasteiger partial charge < -0.3 is 19.8 Å². The Bertz CT molecular complexity index is 631. The molecule has 1 heterocycles. The molecule has 4 nitrogen and oxygen atoms in total. The Labute approximate surface area is 138 Å². The van der Waals surface area contributed by atoms with E-state index in [1.165, 1.54) is 5.56 Å². The van der Waals surface area contributed by atoms with Crippen LogP contribution in [0.3, 0.4) is 0 Å². The van der Waals surface area contributed by atoms with Crippen molar-refractivity contribution < 1.29 is 14.9 Å². The normalized spacial score (nSPS) is 39.7. The zero-order valence-corrected chi connectivity index (χ0v) is 14.2. The average molecular weight is 317 g/mol. The molecule has 0 spiro atoms. The van der Waals surface area contributed by atoms with Crippen molar-refractivity contribution in [1.29, 1.82) is 0 Å². The predicted octanol–water partition coefficient (Wildman–Crippen LogP) is 1.98. The highest BCUT2D eigenvalue weighted by atomic mass is 16.5. The molecular weight excluding hydrogens is 290 g/mol. The maximum absolute atomic E-state index is 10.8. The van der Waals surface area contributed by atoms with E-state index in [1.54, 1.807) is 7.11 Å². The number of hydrogen-bond acceptors (Lipinski definition) is 4. The van der Waals surface area contributed by atoms with E-state index in [9.17, 15) is 10.2 Å². The molecule has 5 atom stereocenters. The van der Waals surface area contributed by atoms with Crippen LogP contribution >= 0.6 is 0 Å². The minimum atomic E-state index is -0.453. The van der Waals surface area contributed by atoms with Gasteiger partial charge in [-0.1, -0.05) is 12.1 Å². The molecule has 0 amide bonds. The molecule has 1 aliphatic heterocycles. The van der Waals surface area contributed by atoms with Crippen LogP contribution in [0.5, 0.6) is 5.75 Å². The molecule has 4 heteroatoms. The molecule has 0 aromatic heterocycles. The first kappa shape index (κ1) is 15.4. The summed E-state index contributed by atoms with van der Waals surface area (Å²) in [6, 6.07) is 4.69. The number of likely N-dealkylation sites (N-methyl/N-ethyl adjacent to an activating group) is 1. The lowest BCUT2D eigenvalue weighted by Gasteiger charge is -2.60. The van der Waals surface area contributed by atoms with Crippen molar-refractivity contribution in [3.8, 4) is 5.75 Å². The van der Waals surface area contributed by atoms with Crippen LogP contribution in [0, 0.1) is 12.8 Å². The van der Waals surface area contributed by atoms with Gasteiger partial charge >= 0.3 is 0 Å². The molecule has 3 aliphatic rings. The van der Waals surface area contributed by atoms with Gasteiger partial charge in [0.25, 0.3) is 0 Å². The fourth-order valence-corrected chi connectivity index (χ4v) is 5.60. The number of benzene rings is 1. The molecule has 4 rings (SSSR count). The molecule has 1 aromatic carbocycles. The number of aliphatic hydroxyl groups is 1. The summed E-state index contributed by atoms with van der Waals surface area (Å²) in [7, 11) is 3.91. The van der Waals surface area contributed by atoms with E-state index >= 15 is 0 Å². The van der Waals surface area contributed by atoms with Crippen LogP contribution < -0.4 is 0 Å². The van der Waals surface area contributed by atoms with Crippen LogP contribution in [-0.2, 0) is 16.6 Å². The molecule has 1 aromatic rings. The van der Waals surface area contributed by atoms with Crippen molar-refractivity contribution in [2.24, 2.45) is 5.92 Å². The number of phenols is 1. The Morgan fingerprint density at radius 2 is 2.13 bits per heavy atom. The molecule has 2 unspecified atom stereocenters. The number of nitrogens with zero attached hydrogens (tertiary/aromatic N) is 1. The standard InChI is InChI=1S/C19H27NO3/c1-11-4-5-12-8-14-13-9-16(23-3)15(21)10-19(13,6-7-20(14)2)17(12)18(11)22/h4-5,13-16,21-22H,6-10H2,1-3H3/t13-,14+,15?,16?,19-/m1/s1. The van der Waals surface area contributed by atoms with Crippen molar-refractivity contribution in [2.75, 3.05) is 20.7 Å². The molecule has 1 saturated carbocycles. The first-order valence-electron chi connectivity index (χ1n) is 8.71. The second kappa shape index (κ2) is 5.20. The summed E-state index contributed by atoms with van der Waals surface area (Å²) < 4.78 is 5.56. The average Bonchev–Trinajstić information content (AvgIpc) is 2.53. The van der Waals surface area contributed by atoms with Crippen molar-refractivity contribution in [3.05, 3.63) is 28.8 Å². The lowest BCUT2D eigenvalue weighted by atomic mass is 9.51. The SMILES string of the molecule is COC1C[C@@H]2[C@@H]3Cc4ccc(C)c(O)c4[C@]2(CCN3C)CC1O. The summed E-state index contributed by atoms with van der Waals surface area (Å²) in [5.74, 6) is 0.897. The molecule has 2 fully saturated rings. The van der Waals surface area contributed by atoms with Crippen molar-refractivity contribution >= 4 is 0 Å². The van der Waals surface area contributed by atoms with Crippen LogP contribution in [-0.4, -0.2) is 54.1 Å². The summed E-state index contributed by atoms with van der Waals surface area (Å²) in [6.07, 6.45) is 3.02. The van der Waals surface area contributed by atoms with Crippen molar-refractivity contribution in [1.82, 2.24) is 4.90 Å². The Morgan fingerprint density at radius 3 is 2.87 bits per heavy atom. The Kier molecular flexibility index (Phi) is 3.49. The van der Waals surface area contributed by atoms with E-state index in [2.05, 4.69) is 18.0 Å². The number of hydrogen-bond donors (Lipinski definition) is 2. The highest BCUT2D eigenvalue weighted by molar-refractivity contribution is 5.53. The van der Waals surface area contributed by atoms with Gasteiger partial charge in [-0.05, 0) is 63.2 Å². The number of aromatic hydroxyl groups is 1. The zero-order chi connectivity index (χ0) is 16.4. The number of methoxy groups -OCH3 is 1. The van der Waals surface area contributed by atoms with Gasteiger partial charge in [0.15, 0.2) is 0 Å². The topological polar surface area (TPSA) is 52.9 Å². The van der Waals surface area contributed by atoms with Gasteiger partial charge in [0.2, 0.25) is 0 Å². The summed E-state index contributed by atoms with van der Waals surface area (Å²) in [5.41, 5.74) is 3.23. The summed E-state index contributed by atoms with van der Waals surface area (Å²) in [4.78, 5) is 2.47. The second-order valence-corrected chi connectivity index (χ2v) is 7.81. The second-order valence-electron chi connectivity index (χ2n) is 7.81. The number of aryl methyl sites for hydroxylation is 1. The van der Waals surface area contributed by atoms with Crippen LogP contribution in [0.1, 0.15) is 36.0 Å². The van der Waals surface area contributed by atoms with Gasteiger partial charge in [-0.2, -0.15) is 0 Å². The maximum Gasteiger partial charge on any atom is 0.122 e. The van der Waals surface area contributed by atoms with Crippen LogP contribution in [0.2, 0.25) is 0 Å². The summed E-state index contributed by atoms with van der Waals surface area (Å²) >= 11 is 0. The fraction of sp³-hybridized carbons (Fsp3) is 0.684. The first-order chi connectivity index (χ1) is 11.0. The van der Waals surface area contributed by atoms with E-state index in [0.29, 0.717) is 24.1 Å². The Hall–Kier alpha value is -1.10. The predicted molar refractivity (Wildman–Crippen MR) is 88.8 cm³/mol. The molecule has 23 heavy (non-hydrogen) atoms. The number of rotatable bonds is 1. The number of likely N-dealkylation sites (tertiary alicyclic amines) is 1. The summed E-state index contributed by atoms with van der Waals surface area (Å²) in [5, 5.41) is 21.5. The van der Waals surface area contributed by atoms with E-state index in [0.717, 1.165) is 36.9 Å². The van der Waals surface area contributed by atoms with Gasteiger partial charge in [0, 0.05) is 24.1 Å². The third-order valence-electron chi connectivity index (χ3n) is 6.84. The van der Waals surface area contributed by atoms with Gasteiger partial charge in [0.1, 0.15) is 5.75 Å². The van der Waals surface area contributed by atoms with Crippen LogP contribution in [0.25, 0.3) is 0 Å². The zero-order valence-electron chi connectivity index (χ0n) is 14.2. The highest BCUT2D eigenvalue weighted by Gasteiger charge is 2.58. The summed E-state index contributed by atoms with van der Waals surface area (Å²) in [6.45, 7) is 3.00. The van der Waals surface area contributed by atoms with Crippen LogP contribution in [0.4, 0.5) is 0 Å². The molecule has 0 radical (unpaired) electrons. The van der Waals surface area contributed by atoms with Gasteiger partial charge in [-0.25, -0.2) is 0 Å². The van der Waals surface area contributed by atoms with Crippen molar-refractivity contribution in [3.63, 3.8) is 0 Å². The fourth-order valence-electron chi connectivity index (χ4n) is 5.60. The molecular formula is C19H27NO3. The third-order valence-corrected chi connectivity index (χ3v) is 6.84. The smallest absolute Gasteiger partial charge is 0.122 e.